The standard InChI is InChI=1S/C30H38N2O6.C27H28N4O5/c1-30(2,3)32-29(37)38-15-24-19-8-9-21-22(11-10-20(19)24)26-25(13-23(21)27(35)28(26)36)31-17(14-33)12-16-4-6-18(34)7-5-16;1-27(2,3)18-6-9-21(10-7-18)30-25(35)29-31(26(30)36)23-15-19(8-13-24(23)34)28-20(16-32)14-17-4-11-22(33)12-5-17/h4-7,14,17,19-20,23-26,31,34H,8-13,15H2,1-3H3,(H,32,37);4-13,15-16,20,28,33-34H,14H2,1-3H3,(H,29,35)/t17-,19?,20?,23?,24?,25?,26?;20-/m00/s1. The van der Waals surface area contributed by atoms with E-state index in [0.29, 0.717) is 55.0 Å². The maximum Gasteiger partial charge on any atom is 0.407 e. The minimum absolute atomic E-state index is 0.0569. The van der Waals surface area contributed by atoms with Crippen molar-refractivity contribution in [3.8, 4) is 28.6 Å². The monoisotopic (exact) mass is 1010 g/mol. The van der Waals surface area contributed by atoms with Crippen molar-refractivity contribution in [2.75, 3.05) is 11.9 Å². The van der Waals surface area contributed by atoms with Crippen molar-refractivity contribution in [2.24, 2.45) is 29.6 Å². The zero-order valence-electron chi connectivity index (χ0n) is 42.6. The van der Waals surface area contributed by atoms with Crippen LogP contribution in [0, 0.1) is 29.6 Å². The number of fused-ring (bicyclic) bond motifs is 3. The van der Waals surface area contributed by atoms with E-state index in [0.717, 1.165) is 75.3 Å². The number of Topliss-reactive ketones (excluding diaryl/α,β-unsaturated/α-hetero) is 2. The summed E-state index contributed by atoms with van der Waals surface area (Å²) in [5, 5.41) is 41.2. The number of nitrogens with zero attached hydrogens (tertiary/aromatic N) is 2. The number of aromatic nitrogens is 3. The number of phenolic OH excluding ortho intramolecular Hbond substituents is 3. The third-order valence-corrected chi connectivity index (χ3v) is 14.7. The molecule has 7 N–H and O–H groups in total. The van der Waals surface area contributed by atoms with E-state index in [2.05, 4.69) is 41.8 Å². The lowest BCUT2D eigenvalue weighted by molar-refractivity contribution is -0.144. The Kier molecular flexibility index (Phi) is 15.3. The SMILES string of the molecule is CC(C)(C)NC(=O)OCC1C2CCC3=C(CCC21)C1C(=O)C(=O)C3CC1N[C@H](C=O)Cc1ccc(O)cc1.CC(C)(C)c1ccc(-n2c(=O)[nH]n(-c3cc(N[C@H](C=O)Cc4ccc(O)cc4)ccc3O)c2=O)cc1. The average molecular weight is 1010 g/mol. The fraction of sp³-hybridized carbons (Fsp3) is 0.421. The van der Waals surface area contributed by atoms with Crippen LogP contribution < -0.4 is 27.3 Å². The Hall–Kier alpha value is -7.53. The van der Waals surface area contributed by atoms with Crippen molar-refractivity contribution in [2.45, 2.75) is 116 Å². The van der Waals surface area contributed by atoms with E-state index in [1.54, 1.807) is 66.7 Å². The highest BCUT2D eigenvalue weighted by atomic mass is 16.5. The number of amides is 1. The van der Waals surface area contributed by atoms with Gasteiger partial charge in [0.1, 0.15) is 35.5 Å². The number of hydrogen-bond acceptors (Lipinski definition) is 13. The number of carbonyl (C=O) groups excluding carboxylic acids is 5. The number of benzene rings is 4. The Morgan fingerprint density at radius 1 is 0.757 bits per heavy atom. The first kappa shape index (κ1) is 52.8. The lowest BCUT2D eigenvalue weighted by Gasteiger charge is -2.45. The molecule has 2 saturated carbocycles. The number of rotatable bonds is 14. The number of H-pyrrole nitrogens is 1. The lowest BCUT2D eigenvalue weighted by Crippen LogP contribution is -2.58. The van der Waals surface area contributed by atoms with E-state index in [-0.39, 0.29) is 51.5 Å². The van der Waals surface area contributed by atoms with Crippen LogP contribution in [0.2, 0.25) is 0 Å². The molecule has 17 heteroatoms. The van der Waals surface area contributed by atoms with Gasteiger partial charge in [0.25, 0.3) is 0 Å². The van der Waals surface area contributed by atoms with Crippen molar-refractivity contribution in [1.82, 2.24) is 25.0 Å². The summed E-state index contributed by atoms with van der Waals surface area (Å²) < 4.78 is 7.48. The van der Waals surface area contributed by atoms with Crippen LogP contribution in [0.4, 0.5) is 10.5 Å². The summed E-state index contributed by atoms with van der Waals surface area (Å²) in [6.07, 6.45) is 6.00. The minimum atomic E-state index is -0.674. The molecule has 4 aromatic carbocycles. The highest BCUT2D eigenvalue weighted by Crippen LogP contribution is 2.57. The quantitative estimate of drug-likeness (QED) is 0.0263. The summed E-state index contributed by atoms with van der Waals surface area (Å²) in [6.45, 7) is 12.4. The zero-order chi connectivity index (χ0) is 53.2. The van der Waals surface area contributed by atoms with Gasteiger partial charge in [-0.1, -0.05) is 68.3 Å². The second-order valence-electron chi connectivity index (χ2n) is 22.1. The molecule has 5 aliphatic carbocycles. The summed E-state index contributed by atoms with van der Waals surface area (Å²) >= 11 is 0. The van der Waals surface area contributed by atoms with Gasteiger partial charge in [0.2, 0.25) is 11.6 Å². The van der Waals surface area contributed by atoms with Crippen molar-refractivity contribution >= 4 is 35.9 Å². The lowest BCUT2D eigenvalue weighted by atomic mass is 9.60. The molecular weight excluding hydrogens is 945 g/mol. The number of carbonyl (C=O) groups is 5. The molecule has 5 aromatic rings. The van der Waals surface area contributed by atoms with Crippen molar-refractivity contribution in [3.63, 3.8) is 0 Å². The maximum atomic E-state index is 13.2. The first-order chi connectivity index (χ1) is 35.1. The molecule has 8 atom stereocenters. The molecule has 2 fully saturated rings. The number of allylic oxidation sites excluding steroid dienone is 1. The number of phenols is 3. The van der Waals surface area contributed by atoms with Crippen LogP contribution in [0.3, 0.4) is 0 Å². The fourth-order valence-corrected chi connectivity index (χ4v) is 10.9. The first-order valence-corrected chi connectivity index (χ1v) is 25.2. The Morgan fingerprint density at radius 2 is 1.34 bits per heavy atom. The fourth-order valence-electron chi connectivity index (χ4n) is 10.9. The summed E-state index contributed by atoms with van der Waals surface area (Å²) in [5.74, 6) is -0.160. The Morgan fingerprint density at radius 3 is 1.91 bits per heavy atom. The molecule has 0 saturated heterocycles. The molecule has 74 heavy (non-hydrogen) atoms. The molecule has 2 bridgehead atoms. The molecule has 0 aliphatic heterocycles. The summed E-state index contributed by atoms with van der Waals surface area (Å²) in [5.41, 5.74) is 4.23. The number of aldehydes is 2. The normalized spacial score (nSPS) is 21.9. The third kappa shape index (κ3) is 11.9. The minimum Gasteiger partial charge on any atom is -0.508 e. The van der Waals surface area contributed by atoms with Crippen molar-refractivity contribution in [1.29, 1.82) is 0 Å². The van der Waals surface area contributed by atoms with Gasteiger partial charge >= 0.3 is 17.5 Å². The van der Waals surface area contributed by atoms with Crippen LogP contribution in [0.5, 0.6) is 17.2 Å². The molecule has 5 aliphatic rings. The van der Waals surface area contributed by atoms with Crippen molar-refractivity contribution < 1.29 is 44.0 Å². The molecule has 0 radical (unpaired) electrons. The summed E-state index contributed by atoms with van der Waals surface area (Å²) in [7, 11) is 0. The van der Waals surface area contributed by atoms with Gasteiger partial charge in [-0.15, -0.1) is 0 Å². The molecule has 1 amide bonds. The van der Waals surface area contributed by atoms with Gasteiger partial charge < -0.3 is 45.6 Å². The number of ether oxygens (including phenoxy) is 1. The Balaban J connectivity index is 0.000000197. The van der Waals surface area contributed by atoms with Crippen molar-refractivity contribution in [3.05, 3.63) is 140 Å². The third-order valence-electron chi connectivity index (χ3n) is 14.7. The smallest absolute Gasteiger partial charge is 0.407 e. The van der Waals surface area contributed by atoms with Crippen LogP contribution in [-0.2, 0) is 42.2 Å². The van der Waals surface area contributed by atoms with Gasteiger partial charge in [0.05, 0.1) is 30.3 Å². The molecule has 1 aromatic heterocycles. The number of anilines is 1. The summed E-state index contributed by atoms with van der Waals surface area (Å²) in [4.78, 5) is 87.7. The topological polar surface area (TPSA) is 251 Å². The first-order valence-electron chi connectivity index (χ1n) is 25.2. The number of hydrogen-bond donors (Lipinski definition) is 7. The Bertz CT molecular complexity index is 3050. The van der Waals surface area contributed by atoms with Crippen LogP contribution >= 0.6 is 0 Å². The molecule has 10 rings (SSSR count). The Labute approximate surface area is 429 Å². The highest BCUT2D eigenvalue weighted by molar-refractivity contribution is 6.41. The number of nitrogens with one attached hydrogen (secondary N) is 4. The number of alkyl carbamates (subject to hydrolysis) is 1. The van der Waals surface area contributed by atoms with E-state index in [1.165, 1.54) is 12.1 Å². The van der Waals surface area contributed by atoms with E-state index in [4.69, 9.17) is 4.74 Å². The average Bonchev–Trinajstić information content (AvgIpc) is 3.92. The number of aromatic amines is 1. The number of ketones is 2. The largest absolute Gasteiger partial charge is 0.508 e. The molecule has 0 spiro atoms. The molecule has 390 valence electrons. The van der Waals surface area contributed by atoms with E-state index in [9.17, 15) is 48.9 Å². The van der Waals surface area contributed by atoms with E-state index >= 15 is 0 Å². The zero-order valence-corrected chi connectivity index (χ0v) is 42.6. The second-order valence-corrected chi connectivity index (χ2v) is 22.1. The molecule has 1 heterocycles. The predicted octanol–water partition coefficient (Wildman–Crippen LogP) is 6.75. The van der Waals surface area contributed by atoms with Gasteiger partial charge in [0, 0.05) is 23.2 Å². The van der Waals surface area contributed by atoms with Crippen LogP contribution in [0.15, 0.2) is 112 Å². The number of aromatic hydroxyl groups is 3. The summed E-state index contributed by atoms with van der Waals surface area (Å²) in [6, 6.07) is 23.5. The van der Waals surface area contributed by atoms with Crippen LogP contribution in [-0.4, -0.2) is 90.2 Å². The van der Waals surface area contributed by atoms with Gasteiger partial charge in [-0.05, 0) is 160 Å². The van der Waals surface area contributed by atoms with Crippen LogP contribution in [0.25, 0.3) is 11.4 Å². The van der Waals surface area contributed by atoms with Gasteiger partial charge in [-0.25, -0.2) is 24.0 Å². The van der Waals surface area contributed by atoms with Gasteiger partial charge in [-0.3, -0.25) is 9.59 Å². The molecule has 6 unspecified atom stereocenters. The van der Waals surface area contributed by atoms with Crippen LogP contribution in [0.1, 0.15) is 90.3 Å². The highest BCUT2D eigenvalue weighted by Gasteiger charge is 2.56. The van der Waals surface area contributed by atoms with E-state index in [1.807, 2.05) is 32.9 Å². The molecular formula is C57H66N6O11. The van der Waals surface area contributed by atoms with Gasteiger partial charge in [-0.2, -0.15) is 4.68 Å². The van der Waals surface area contributed by atoms with E-state index < -0.39 is 41.4 Å². The van der Waals surface area contributed by atoms with Gasteiger partial charge in [0.15, 0.2) is 0 Å². The predicted molar refractivity (Wildman–Crippen MR) is 278 cm³/mol. The second kappa shape index (κ2) is 21.5. The molecule has 17 nitrogen and oxygen atoms in total. The maximum absolute atomic E-state index is 13.2.